The minimum absolute atomic E-state index is 0.0425. The molecule has 0 fully saturated rings. The summed E-state index contributed by atoms with van der Waals surface area (Å²) in [7, 11) is 0. The van der Waals surface area contributed by atoms with Crippen molar-refractivity contribution in [2.24, 2.45) is 5.92 Å². The molecule has 2 aromatic carbocycles. The Balaban J connectivity index is 1.88. The zero-order chi connectivity index (χ0) is 25.5. The zero-order valence-electron chi connectivity index (χ0n) is 20.0. The first-order chi connectivity index (χ1) is 16.5. The number of imidazole rings is 1. The second kappa shape index (κ2) is 9.20. The molecule has 35 heavy (non-hydrogen) atoms. The summed E-state index contributed by atoms with van der Waals surface area (Å²) in [6.07, 6.45) is -2.98. The van der Waals surface area contributed by atoms with E-state index in [4.69, 9.17) is 0 Å². The third-order valence-electron chi connectivity index (χ3n) is 5.90. The maximum atomic E-state index is 13.4. The first kappa shape index (κ1) is 24.5. The van der Waals surface area contributed by atoms with E-state index in [-0.39, 0.29) is 30.2 Å². The molecule has 0 radical (unpaired) electrons. The average Bonchev–Trinajstić information content (AvgIpc) is 3.20. The minimum atomic E-state index is -4.42. The van der Waals surface area contributed by atoms with Crippen molar-refractivity contribution in [1.82, 2.24) is 18.7 Å². The highest BCUT2D eigenvalue weighted by molar-refractivity contribution is 5.72. The predicted octanol–water partition coefficient (Wildman–Crippen LogP) is 5.20. The van der Waals surface area contributed by atoms with Crippen LogP contribution >= 0.6 is 0 Å². The smallest absolute Gasteiger partial charge is 0.320 e. The molecule has 0 amide bonds. The Morgan fingerprint density at radius 2 is 1.54 bits per heavy atom. The van der Waals surface area contributed by atoms with Crippen LogP contribution in [0.1, 0.15) is 50.3 Å². The predicted molar refractivity (Wildman–Crippen MR) is 129 cm³/mol. The number of hydrogen-bond acceptors (Lipinski definition) is 3. The first-order valence-corrected chi connectivity index (χ1v) is 11.4. The third kappa shape index (κ3) is 4.80. The van der Waals surface area contributed by atoms with Crippen molar-refractivity contribution >= 4 is 11.2 Å². The lowest BCUT2D eigenvalue weighted by molar-refractivity contribution is -0.137. The summed E-state index contributed by atoms with van der Waals surface area (Å²) in [5.74, 6) is 0.361. The second-order valence-electron chi connectivity index (χ2n) is 9.41. The van der Waals surface area contributed by atoms with Crippen molar-refractivity contribution in [2.45, 2.75) is 52.9 Å². The quantitative estimate of drug-likeness (QED) is 0.378. The topological polar surface area (TPSA) is 61.8 Å². The van der Waals surface area contributed by atoms with Crippen LogP contribution in [0.4, 0.5) is 13.2 Å². The van der Waals surface area contributed by atoms with Gasteiger partial charge in [-0.05, 0) is 47.2 Å². The lowest BCUT2D eigenvalue weighted by Gasteiger charge is -2.15. The van der Waals surface area contributed by atoms with E-state index in [1.165, 1.54) is 27.6 Å². The molecule has 0 N–H and O–H groups in total. The van der Waals surface area contributed by atoms with Crippen LogP contribution < -0.4 is 11.2 Å². The van der Waals surface area contributed by atoms with E-state index in [1.54, 1.807) is 4.57 Å². The molecule has 0 saturated carbocycles. The summed E-state index contributed by atoms with van der Waals surface area (Å²) in [5.41, 5.74) is 1.01. The lowest BCUT2D eigenvalue weighted by Crippen LogP contribution is -2.41. The van der Waals surface area contributed by atoms with Crippen molar-refractivity contribution in [2.75, 3.05) is 0 Å². The van der Waals surface area contributed by atoms with Gasteiger partial charge in [-0.2, -0.15) is 13.2 Å². The molecule has 2 heterocycles. The van der Waals surface area contributed by atoms with Gasteiger partial charge in [0.05, 0.1) is 17.6 Å². The highest BCUT2D eigenvalue weighted by Crippen LogP contribution is 2.29. The van der Waals surface area contributed by atoms with Crippen LogP contribution in [0.3, 0.4) is 0 Å². The number of rotatable bonds is 6. The van der Waals surface area contributed by atoms with E-state index in [0.717, 1.165) is 17.7 Å². The van der Waals surface area contributed by atoms with E-state index >= 15 is 0 Å². The SMILES string of the molecule is CC(C)Cn1c(=O)c2c(ncn2Cc2ccc(C(F)(F)F)cc2)n(-c2ccc(C(C)C)cc2)c1=O. The van der Waals surface area contributed by atoms with Gasteiger partial charge >= 0.3 is 11.9 Å². The lowest BCUT2D eigenvalue weighted by atomic mass is 10.0. The van der Waals surface area contributed by atoms with Crippen molar-refractivity contribution in [1.29, 1.82) is 0 Å². The van der Waals surface area contributed by atoms with Crippen molar-refractivity contribution in [3.05, 3.63) is 92.4 Å². The summed E-state index contributed by atoms with van der Waals surface area (Å²) >= 11 is 0. The summed E-state index contributed by atoms with van der Waals surface area (Å²) in [5, 5.41) is 0. The number of benzene rings is 2. The highest BCUT2D eigenvalue weighted by atomic mass is 19.4. The van der Waals surface area contributed by atoms with E-state index < -0.39 is 23.0 Å². The minimum Gasteiger partial charge on any atom is -0.320 e. The Kier molecular flexibility index (Phi) is 6.44. The van der Waals surface area contributed by atoms with E-state index in [2.05, 4.69) is 18.8 Å². The maximum Gasteiger partial charge on any atom is 0.416 e. The van der Waals surface area contributed by atoms with Gasteiger partial charge < -0.3 is 4.57 Å². The fraction of sp³-hybridized carbons (Fsp3) is 0.346. The number of halogens is 3. The fourth-order valence-corrected chi connectivity index (χ4v) is 4.06. The number of hydrogen-bond donors (Lipinski definition) is 0. The number of nitrogens with zero attached hydrogens (tertiary/aromatic N) is 4. The van der Waals surface area contributed by atoms with Crippen LogP contribution in [-0.4, -0.2) is 18.7 Å². The van der Waals surface area contributed by atoms with Gasteiger partial charge in [-0.25, -0.2) is 14.3 Å². The molecule has 0 spiro atoms. The molecule has 0 unspecified atom stereocenters. The normalized spacial score (nSPS) is 12.3. The van der Waals surface area contributed by atoms with E-state index in [9.17, 15) is 22.8 Å². The van der Waals surface area contributed by atoms with Gasteiger partial charge in [0.25, 0.3) is 5.56 Å². The summed E-state index contributed by atoms with van der Waals surface area (Å²) in [4.78, 5) is 31.2. The molecule has 0 aliphatic carbocycles. The molecule has 4 rings (SSSR count). The largest absolute Gasteiger partial charge is 0.416 e. The van der Waals surface area contributed by atoms with Crippen LogP contribution in [0.25, 0.3) is 16.9 Å². The van der Waals surface area contributed by atoms with Crippen molar-refractivity contribution in [3.8, 4) is 5.69 Å². The molecule has 184 valence electrons. The molecule has 6 nitrogen and oxygen atoms in total. The molecule has 0 bridgehead atoms. The van der Waals surface area contributed by atoms with Crippen LogP contribution in [0.2, 0.25) is 0 Å². The molecule has 2 aromatic heterocycles. The van der Waals surface area contributed by atoms with Gasteiger partial charge in [0.1, 0.15) is 0 Å². The molecule has 0 aliphatic rings. The first-order valence-electron chi connectivity index (χ1n) is 11.4. The molecule has 9 heteroatoms. The Labute approximate surface area is 200 Å². The summed E-state index contributed by atoms with van der Waals surface area (Å²) in [6, 6.07) is 12.3. The number of aromatic nitrogens is 4. The van der Waals surface area contributed by atoms with E-state index in [0.29, 0.717) is 17.2 Å². The molecular formula is C26H27F3N4O2. The Hall–Kier alpha value is -3.62. The molecule has 0 atom stereocenters. The molecule has 0 saturated heterocycles. The van der Waals surface area contributed by atoms with Gasteiger partial charge in [-0.1, -0.05) is 52.0 Å². The molecule has 4 aromatic rings. The number of alkyl halides is 3. The standard InChI is InChI=1S/C26H27F3N4O2/c1-16(2)13-32-24(34)22-23(33(25(32)35)21-11-7-19(8-12-21)17(3)4)30-15-31(22)14-18-5-9-20(10-6-18)26(27,28)29/h5-12,15-17H,13-14H2,1-4H3. The van der Waals surface area contributed by atoms with Gasteiger partial charge in [0, 0.05) is 13.1 Å². The van der Waals surface area contributed by atoms with Gasteiger partial charge in [-0.15, -0.1) is 0 Å². The third-order valence-corrected chi connectivity index (χ3v) is 5.90. The van der Waals surface area contributed by atoms with Crippen LogP contribution in [-0.2, 0) is 19.3 Å². The summed E-state index contributed by atoms with van der Waals surface area (Å²) < 4.78 is 43.0. The molecule has 0 aliphatic heterocycles. The zero-order valence-corrected chi connectivity index (χ0v) is 20.0. The van der Waals surface area contributed by atoms with Gasteiger partial charge in [0.15, 0.2) is 11.2 Å². The Morgan fingerprint density at radius 3 is 2.09 bits per heavy atom. The highest BCUT2D eigenvalue weighted by Gasteiger charge is 2.30. The average molecular weight is 485 g/mol. The fourth-order valence-electron chi connectivity index (χ4n) is 4.06. The second-order valence-corrected chi connectivity index (χ2v) is 9.41. The number of fused-ring (bicyclic) bond motifs is 1. The molecular weight excluding hydrogens is 457 g/mol. The van der Waals surface area contributed by atoms with Crippen molar-refractivity contribution in [3.63, 3.8) is 0 Å². The van der Waals surface area contributed by atoms with Crippen LogP contribution in [0.15, 0.2) is 64.4 Å². The van der Waals surface area contributed by atoms with Crippen LogP contribution in [0.5, 0.6) is 0 Å². The Morgan fingerprint density at radius 1 is 0.914 bits per heavy atom. The van der Waals surface area contributed by atoms with E-state index in [1.807, 2.05) is 38.1 Å². The Bertz CT molecular complexity index is 1460. The maximum absolute atomic E-state index is 13.4. The van der Waals surface area contributed by atoms with Gasteiger partial charge in [-0.3, -0.25) is 9.36 Å². The van der Waals surface area contributed by atoms with Crippen LogP contribution in [0, 0.1) is 5.92 Å². The summed E-state index contributed by atoms with van der Waals surface area (Å²) in [6.45, 7) is 8.34. The van der Waals surface area contributed by atoms with Crippen molar-refractivity contribution < 1.29 is 13.2 Å². The van der Waals surface area contributed by atoms with Gasteiger partial charge in [0.2, 0.25) is 0 Å². The monoisotopic (exact) mass is 484 g/mol.